The smallest absolute Gasteiger partial charge is 0.311 e. The van der Waals surface area contributed by atoms with Crippen molar-refractivity contribution in [2.24, 2.45) is 5.92 Å². The molecule has 1 atom stereocenters. The van der Waals surface area contributed by atoms with E-state index >= 15 is 0 Å². The fourth-order valence-corrected chi connectivity index (χ4v) is 2.63. The summed E-state index contributed by atoms with van der Waals surface area (Å²) in [7, 11) is -3.87. The molecule has 1 unspecified atom stereocenters. The molecule has 0 fully saturated rings. The zero-order chi connectivity index (χ0) is 17.0. The largest absolute Gasteiger partial charge is 0.460 e. The highest BCUT2D eigenvalue weighted by Gasteiger charge is 2.26. The van der Waals surface area contributed by atoms with E-state index in [0.29, 0.717) is 6.42 Å². The molecular weight excluding hydrogens is 304 g/mol. The zero-order valence-corrected chi connectivity index (χ0v) is 14.6. The van der Waals surface area contributed by atoms with Crippen LogP contribution in [0.5, 0.6) is 0 Å². The number of aryl methyl sites for hydroxylation is 1. The van der Waals surface area contributed by atoms with Crippen LogP contribution in [0.1, 0.15) is 39.7 Å². The van der Waals surface area contributed by atoms with E-state index in [9.17, 15) is 13.2 Å². The van der Waals surface area contributed by atoms with Crippen LogP contribution in [0, 0.1) is 12.8 Å². The third-order valence-corrected chi connectivity index (χ3v) is 4.26. The Kier molecular flexibility index (Phi) is 6.14. The van der Waals surface area contributed by atoms with Gasteiger partial charge in [-0.25, -0.2) is 0 Å². The van der Waals surface area contributed by atoms with Gasteiger partial charge in [-0.15, -0.1) is 0 Å². The second kappa shape index (κ2) is 7.24. The minimum Gasteiger partial charge on any atom is -0.460 e. The molecule has 6 heteroatoms. The van der Waals surface area contributed by atoms with E-state index in [4.69, 9.17) is 8.92 Å². The van der Waals surface area contributed by atoms with Gasteiger partial charge in [0.05, 0.1) is 17.4 Å². The van der Waals surface area contributed by atoms with Gasteiger partial charge in [-0.05, 0) is 46.2 Å². The number of carbonyl (C=O) groups excluding carboxylic acids is 1. The van der Waals surface area contributed by atoms with E-state index in [1.54, 1.807) is 39.8 Å². The Balaban J connectivity index is 2.73. The molecule has 0 spiro atoms. The summed E-state index contributed by atoms with van der Waals surface area (Å²) >= 11 is 0. The summed E-state index contributed by atoms with van der Waals surface area (Å²) in [5.74, 6) is -1.06. The van der Waals surface area contributed by atoms with Crippen molar-refractivity contribution in [2.75, 3.05) is 6.61 Å². The number of rotatable bonds is 6. The Hall–Kier alpha value is -1.40. The predicted octanol–water partition coefficient (Wildman–Crippen LogP) is 3.07. The van der Waals surface area contributed by atoms with E-state index < -0.39 is 27.6 Å². The lowest BCUT2D eigenvalue weighted by Crippen LogP contribution is -2.31. The molecule has 1 aromatic rings. The number of hydrogen-bond acceptors (Lipinski definition) is 5. The molecule has 5 nitrogen and oxygen atoms in total. The van der Waals surface area contributed by atoms with E-state index in [1.165, 1.54) is 12.1 Å². The SMILES string of the molecule is CCC(COS(=O)(=O)c1ccc(C)cc1)C(=O)OC(C)(C)C. The van der Waals surface area contributed by atoms with Gasteiger partial charge in [-0.3, -0.25) is 8.98 Å². The van der Waals surface area contributed by atoms with Crippen molar-refractivity contribution >= 4 is 16.1 Å². The van der Waals surface area contributed by atoms with Gasteiger partial charge in [0.1, 0.15) is 5.60 Å². The highest BCUT2D eigenvalue weighted by Crippen LogP contribution is 2.18. The molecule has 0 amide bonds. The van der Waals surface area contributed by atoms with Crippen LogP contribution in [0.25, 0.3) is 0 Å². The molecule has 0 bridgehead atoms. The molecule has 0 aliphatic rings. The topological polar surface area (TPSA) is 69.7 Å². The summed E-state index contributed by atoms with van der Waals surface area (Å²) in [4.78, 5) is 12.1. The Morgan fingerprint density at radius 3 is 2.18 bits per heavy atom. The fraction of sp³-hybridized carbons (Fsp3) is 0.562. The molecule has 1 aromatic carbocycles. The number of ether oxygens (including phenoxy) is 1. The number of benzene rings is 1. The van der Waals surface area contributed by atoms with Gasteiger partial charge in [0.2, 0.25) is 0 Å². The van der Waals surface area contributed by atoms with Crippen LogP contribution in [0.4, 0.5) is 0 Å². The first-order chi connectivity index (χ1) is 10.0. The van der Waals surface area contributed by atoms with E-state index in [0.717, 1.165) is 5.56 Å². The van der Waals surface area contributed by atoms with Gasteiger partial charge in [-0.1, -0.05) is 24.6 Å². The molecule has 0 heterocycles. The van der Waals surface area contributed by atoms with E-state index in [2.05, 4.69) is 0 Å². The molecule has 22 heavy (non-hydrogen) atoms. The van der Waals surface area contributed by atoms with Crippen LogP contribution in [0.2, 0.25) is 0 Å². The van der Waals surface area contributed by atoms with Crippen molar-refractivity contribution in [2.45, 2.75) is 51.5 Å². The van der Waals surface area contributed by atoms with Crippen LogP contribution in [0.3, 0.4) is 0 Å². The summed E-state index contributed by atoms with van der Waals surface area (Å²) in [5.41, 5.74) is 0.347. The Morgan fingerprint density at radius 2 is 1.73 bits per heavy atom. The maximum Gasteiger partial charge on any atom is 0.311 e. The fourth-order valence-electron chi connectivity index (χ4n) is 1.68. The first-order valence-electron chi connectivity index (χ1n) is 7.24. The molecule has 0 aromatic heterocycles. The lowest BCUT2D eigenvalue weighted by Gasteiger charge is -2.23. The Morgan fingerprint density at radius 1 is 1.18 bits per heavy atom. The maximum absolute atomic E-state index is 12.1. The Bertz CT molecular complexity index is 596. The van der Waals surface area contributed by atoms with E-state index in [-0.39, 0.29) is 11.5 Å². The summed E-state index contributed by atoms with van der Waals surface area (Å²) in [6, 6.07) is 6.36. The van der Waals surface area contributed by atoms with Crippen LogP contribution in [-0.2, 0) is 23.8 Å². The minimum absolute atomic E-state index is 0.0807. The van der Waals surface area contributed by atoms with Crippen LogP contribution in [-0.4, -0.2) is 26.6 Å². The van der Waals surface area contributed by atoms with Crippen molar-refractivity contribution < 1.29 is 22.1 Å². The summed E-state index contributed by atoms with van der Waals surface area (Å²) in [5, 5.41) is 0. The summed E-state index contributed by atoms with van der Waals surface area (Å²) in [6.45, 7) is 8.73. The molecule has 0 N–H and O–H groups in total. The molecule has 1 rings (SSSR count). The average Bonchev–Trinajstić information content (AvgIpc) is 2.37. The van der Waals surface area contributed by atoms with Crippen molar-refractivity contribution in [3.63, 3.8) is 0 Å². The second-order valence-corrected chi connectivity index (χ2v) is 7.81. The van der Waals surface area contributed by atoms with Gasteiger partial charge >= 0.3 is 5.97 Å². The highest BCUT2D eigenvalue weighted by molar-refractivity contribution is 7.86. The lowest BCUT2D eigenvalue weighted by atomic mass is 10.1. The number of carbonyl (C=O) groups is 1. The maximum atomic E-state index is 12.1. The summed E-state index contributed by atoms with van der Waals surface area (Å²) < 4.78 is 34.5. The van der Waals surface area contributed by atoms with Crippen molar-refractivity contribution in [3.05, 3.63) is 29.8 Å². The standard InChI is InChI=1S/C16H24O5S/c1-6-13(15(17)21-16(3,4)5)11-20-22(18,19)14-9-7-12(2)8-10-14/h7-10,13H,6,11H2,1-5H3. The third-order valence-electron chi connectivity index (χ3n) is 2.97. The lowest BCUT2D eigenvalue weighted by molar-refractivity contribution is -0.161. The highest BCUT2D eigenvalue weighted by atomic mass is 32.2. The second-order valence-electron chi connectivity index (χ2n) is 6.19. The zero-order valence-electron chi connectivity index (χ0n) is 13.8. The predicted molar refractivity (Wildman–Crippen MR) is 83.9 cm³/mol. The normalized spacial score (nSPS) is 13.7. The number of hydrogen-bond donors (Lipinski definition) is 0. The molecule has 124 valence electrons. The van der Waals surface area contributed by atoms with Gasteiger partial charge in [0.25, 0.3) is 10.1 Å². The van der Waals surface area contributed by atoms with Crippen molar-refractivity contribution in [3.8, 4) is 0 Å². The monoisotopic (exact) mass is 328 g/mol. The quantitative estimate of drug-likeness (QED) is 0.593. The average molecular weight is 328 g/mol. The molecular formula is C16H24O5S. The first kappa shape index (κ1) is 18.6. The molecule has 0 saturated heterocycles. The molecule has 0 radical (unpaired) electrons. The van der Waals surface area contributed by atoms with Crippen LogP contribution in [0.15, 0.2) is 29.2 Å². The minimum atomic E-state index is -3.87. The van der Waals surface area contributed by atoms with Crippen molar-refractivity contribution in [1.82, 2.24) is 0 Å². The molecule has 0 saturated carbocycles. The van der Waals surface area contributed by atoms with Gasteiger partial charge in [0, 0.05) is 0 Å². The summed E-state index contributed by atoms with van der Waals surface area (Å²) in [6.07, 6.45) is 0.443. The van der Waals surface area contributed by atoms with Crippen LogP contribution >= 0.6 is 0 Å². The molecule has 0 aliphatic heterocycles. The van der Waals surface area contributed by atoms with Crippen LogP contribution < -0.4 is 0 Å². The first-order valence-corrected chi connectivity index (χ1v) is 8.65. The van der Waals surface area contributed by atoms with Gasteiger partial charge in [0.15, 0.2) is 0 Å². The number of esters is 1. The van der Waals surface area contributed by atoms with Gasteiger partial charge < -0.3 is 4.74 Å². The van der Waals surface area contributed by atoms with Crippen molar-refractivity contribution in [1.29, 1.82) is 0 Å². The van der Waals surface area contributed by atoms with Gasteiger partial charge in [-0.2, -0.15) is 8.42 Å². The molecule has 0 aliphatic carbocycles. The Labute approximate surface area is 132 Å². The third kappa shape index (κ3) is 5.77. The van der Waals surface area contributed by atoms with E-state index in [1.807, 2.05) is 6.92 Å².